The van der Waals surface area contributed by atoms with E-state index in [-0.39, 0.29) is 30.3 Å². The molecule has 9 heteroatoms. The van der Waals surface area contributed by atoms with Crippen LogP contribution in [0.25, 0.3) is 6.08 Å². The van der Waals surface area contributed by atoms with E-state index >= 15 is 0 Å². The number of carbonyl (C=O) groups is 2. The van der Waals surface area contributed by atoms with Gasteiger partial charge in [0.05, 0.1) is 0 Å². The molecule has 1 aliphatic heterocycles. The average molecular weight is 422 g/mol. The molecule has 158 valence electrons. The number of carbonyl (C=O) groups excluding carboxylic acids is 2. The molecule has 0 unspecified atom stereocenters. The van der Waals surface area contributed by atoms with Crippen LogP contribution in [0.4, 0.5) is 17.6 Å². The molecule has 0 radical (unpaired) electrons. The van der Waals surface area contributed by atoms with Crippen molar-refractivity contribution in [1.29, 1.82) is 0 Å². The van der Waals surface area contributed by atoms with Crippen molar-refractivity contribution < 1.29 is 31.9 Å². The highest BCUT2D eigenvalue weighted by Crippen LogP contribution is 2.16. The zero-order chi connectivity index (χ0) is 21.7. The van der Waals surface area contributed by atoms with E-state index in [4.69, 9.17) is 0 Å². The van der Waals surface area contributed by atoms with Crippen LogP contribution in [-0.4, -0.2) is 54.4 Å². The number of hydrogen-bond donors (Lipinski definition) is 0. The average Bonchev–Trinajstić information content (AvgIpc) is 2.74. The van der Waals surface area contributed by atoms with Crippen molar-refractivity contribution in [3.8, 4) is 5.75 Å². The minimum absolute atomic E-state index is 0.0234. The summed E-state index contributed by atoms with van der Waals surface area (Å²) >= 11 is 0. The van der Waals surface area contributed by atoms with Gasteiger partial charge in [-0.05, 0) is 42.0 Å². The molecule has 5 nitrogen and oxygen atoms in total. The van der Waals surface area contributed by atoms with Crippen LogP contribution >= 0.6 is 0 Å². The molecule has 2 aromatic carbocycles. The molecule has 1 fully saturated rings. The highest BCUT2D eigenvalue weighted by molar-refractivity contribution is 5.95. The Morgan fingerprint density at radius 3 is 2.13 bits per heavy atom. The van der Waals surface area contributed by atoms with Gasteiger partial charge in [0.1, 0.15) is 5.75 Å². The second-order valence-electron chi connectivity index (χ2n) is 6.53. The predicted molar refractivity (Wildman–Crippen MR) is 101 cm³/mol. The Morgan fingerprint density at radius 2 is 1.53 bits per heavy atom. The van der Waals surface area contributed by atoms with Gasteiger partial charge in [-0.2, -0.15) is 8.78 Å². The molecule has 30 heavy (non-hydrogen) atoms. The first-order valence-corrected chi connectivity index (χ1v) is 9.09. The van der Waals surface area contributed by atoms with Gasteiger partial charge in [-0.3, -0.25) is 9.59 Å². The normalized spacial score (nSPS) is 14.4. The van der Waals surface area contributed by atoms with E-state index in [9.17, 15) is 27.2 Å². The minimum Gasteiger partial charge on any atom is -0.435 e. The Kier molecular flexibility index (Phi) is 6.71. The van der Waals surface area contributed by atoms with Crippen LogP contribution < -0.4 is 4.74 Å². The van der Waals surface area contributed by atoms with Gasteiger partial charge in [0, 0.05) is 37.8 Å². The molecule has 0 saturated carbocycles. The summed E-state index contributed by atoms with van der Waals surface area (Å²) in [6.45, 7) is -1.80. The quantitative estimate of drug-likeness (QED) is 0.547. The summed E-state index contributed by atoms with van der Waals surface area (Å²) < 4.78 is 54.9. The monoisotopic (exact) mass is 422 g/mol. The Hall–Kier alpha value is -3.36. The van der Waals surface area contributed by atoms with E-state index in [1.807, 2.05) is 0 Å². The highest BCUT2D eigenvalue weighted by Gasteiger charge is 2.24. The SMILES string of the molecule is O=C(/C=C/c1ccc(OC(F)F)cc1)N1CCN(C(=O)c2ccc(F)c(F)c2)CC1. The summed E-state index contributed by atoms with van der Waals surface area (Å²) in [6.07, 6.45) is 2.91. The van der Waals surface area contributed by atoms with Gasteiger partial charge in [0.15, 0.2) is 11.6 Å². The van der Waals surface area contributed by atoms with Crippen molar-refractivity contribution in [3.63, 3.8) is 0 Å². The number of amides is 2. The largest absolute Gasteiger partial charge is 0.435 e. The molecule has 1 heterocycles. The van der Waals surface area contributed by atoms with Crippen LogP contribution in [0.15, 0.2) is 48.5 Å². The first kappa shape index (κ1) is 21.4. The van der Waals surface area contributed by atoms with E-state index < -0.39 is 24.2 Å². The molecule has 0 spiro atoms. The highest BCUT2D eigenvalue weighted by atomic mass is 19.3. The van der Waals surface area contributed by atoms with Crippen LogP contribution in [0.5, 0.6) is 5.75 Å². The maximum Gasteiger partial charge on any atom is 0.387 e. The molecule has 1 aliphatic rings. The summed E-state index contributed by atoms with van der Waals surface area (Å²) in [7, 11) is 0. The third kappa shape index (κ3) is 5.37. The van der Waals surface area contributed by atoms with Gasteiger partial charge in [0.2, 0.25) is 5.91 Å². The fourth-order valence-corrected chi connectivity index (χ4v) is 2.97. The number of hydrogen-bond acceptors (Lipinski definition) is 3. The number of halogens is 4. The summed E-state index contributed by atoms with van der Waals surface area (Å²) in [5, 5.41) is 0. The molecular formula is C21H18F4N2O3. The van der Waals surface area contributed by atoms with Crippen molar-refractivity contribution in [1.82, 2.24) is 9.80 Å². The predicted octanol–water partition coefficient (Wildman–Crippen LogP) is 3.56. The third-order valence-electron chi connectivity index (χ3n) is 4.57. The second-order valence-corrected chi connectivity index (χ2v) is 6.53. The molecule has 0 N–H and O–H groups in total. The summed E-state index contributed by atoms with van der Waals surface area (Å²) in [6, 6.07) is 8.81. The number of rotatable bonds is 5. The molecule has 0 atom stereocenters. The molecule has 3 rings (SSSR count). The maximum atomic E-state index is 13.3. The molecule has 1 saturated heterocycles. The fraction of sp³-hybridized carbons (Fsp3) is 0.238. The Morgan fingerprint density at radius 1 is 0.900 bits per heavy atom. The topological polar surface area (TPSA) is 49.9 Å². The van der Waals surface area contributed by atoms with Gasteiger partial charge in [-0.25, -0.2) is 8.78 Å². The standard InChI is InChI=1S/C21H18F4N2O3/c22-17-7-4-15(13-18(17)23)20(29)27-11-9-26(10-12-27)19(28)8-3-14-1-5-16(6-2-14)30-21(24)25/h1-8,13,21H,9-12H2/b8-3+. The molecular weight excluding hydrogens is 404 g/mol. The van der Waals surface area contributed by atoms with Crippen molar-refractivity contribution >= 4 is 17.9 Å². The van der Waals surface area contributed by atoms with E-state index in [2.05, 4.69) is 4.74 Å². The summed E-state index contributed by atoms with van der Waals surface area (Å²) in [5.41, 5.74) is 0.685. The zero-order valence-electron chi connectivity index (χ0n) is 15.7. The van der Waals surface area contributed by atoms with Crippen molar-refractivity contribution in [2.24, 2.45) is 0 Å². The fourth-order valence-electron chi connectivity index (χ4n) is 2.97. The minimum atomic E-state index is -2.90. The molecule has 0 aromatic heterocycles. The lowest BCUT2D eigenvalue weighted by Gasteiger charge is -2.34. The van der Waals surface area contributed by atoms with E-state index in [1.54, 1.807) is 23.1 Å². The van der Waals surface area contributed by atoms with Gasteiger partial charge in [0.25, 0.3) is 5.91 Å². The third-order valence-corrected chi connectivity index (χ3v) is 4.57. The van der Waals surface area contributed by atoms with Crippen LogP contribution in [0.1, 0.15) is 15.9 Å². The van der Waals surface area contributed by atoms with Gasteiger partial charge in [-0.1, -0.05) is 12.1 Å². The van der Waals surface area contributed by atoms with E-state index in [0.717, 1.165) is 12.1 Å². The lowest BCUT2D eigenvalue weighted by atomic mass is 10.1. The van der Waals surface area contributed by atoms with Crippen molar-refractivity contribution in [2.75, 3.05) is 26.2 Å². The lowest BCUT2D eigenvalue weighted by Crippen LogP contribution is -2.50. The Labute approximate surface area is 170 Å². The van der Waals surface area contributed by atoms with Crippen LogP contribution in [-0.2, 0) is 4.79 Å². The van der Waals surface area contributed by atoms with Crippen LogP contribution in [0.3, 0.4) is 0 Å². The van der Waals surface area contributed by atoms with Gasteiger partial charge >= 0.3 is 6.61 Å². The van der Waals surface area contributed by atoms with Gasteiger partial charge < -0.3 is 14.5 Å². The maximum absolute atomic E-state index is 13.3. The van der Waals surface area contributed by atoms with Crippen molar-refractivity contribution in [3.05, 3.63) is 71.3 Å². The number of piperazine rings is 1. The molecule has 0 aliphatic carbocycles. The summed E-state index contributed by atoms with van der Waals surface area (Å²) in [5.74, 6) is -2.78. The van der Waals surface area contributed by atoms with Crippen LogP contribution in [0, 0.1) is 11.6 Å². The first-order chi connectivity index (χ1) is 14.3. The molecule has 2 aromatic rings. The van der Waals surface area contributed by atoms with Gasteiger partial charge in [-0.15, -0.1) is 0 Å². The van der Waals surface area contributed by atoms with Crippen molar-refractivity contribution in [2.45, 2.75) is 6.61 Å². The number of benzene rings is 2. The summed E-state index contributed by atoms with van der Waals surface area (Å²) in [4.78, 5) is 27.8. The Bertz CT molecular complexity index is 940. The number of alkyl halides is 2. The Balaban J connectivity index is 1.52. The second kappa shape index (κ2) is 9.43. The molecule has 0 bridgehead atoms. The lowest BCUT2D eigenvalue weighted by molar-refractivity contribution is -0.127. The number of ether oxygens (including phenoxy) is 1. The molecule has 2 amide bonds. The first-order valence-electron chi connectivity index (χ1n) is 9.09. The zero-order valence-corrected chi connectivity index (χ0v) is 15.7. The van der Waals surface area contributed by atoms with Crippen LogP contribution in [0.2, 0.25) is 0 Å². The number of nitrogens with zero attached hydrogens (tertiary/aromatic N) is 2. The van der Waals surface area contributed by atoms with E-state index in [0.29, 0.717) is 18.7 Å². The van der Waals surface area contributed by atoms with E-state index in [1.165, 1.54) is 29.2 Å². The smallest absolute Gasteiger partial charge is 0.387 e.